The van der Waals surface area contributed by atoms with Crippen molar-refractivity contribution in [3.8, 4) is 10.7 Å². The summed E-state index contributed by atoms with van der Waals surface area (Å²) < 4.78 is 5.55. The van der Waals surface area contributed by atoms with E-state index >= 15 is 0 Å². The van der Waals surface area contributed by atoms with Gasteiger partial charge in [-0.15, -0.1) is 11.3 Å². The summed E-state index contributed by atoms with van der Waals surface area (Å²) in [4.78, 5) is 12.7. The summed E-state index contributed by atoms with van der Waals surface area (Å²) in [5, 5.41) is 1.01. The monoisotopic (exact) mass is 325 g/mol. The normalized spacial score (nSPS) is 16.7. The summed E-state index contributed by atoms with van der Waals surface area (Å²) in [6.45, 7) is 3.21. The van der Waals surface area contributed by atoms with Crippen molar-refractivity contribution >= 4 is 11.3 Å². The zero-order valence-electron chi connectivity index (χ0n) is 12.9. The van der Waals surface area contributed by atoms with Gasteiger partial charge in [-0.25, -0.2) is 4.98 Å². The van der Waals surface area contributed by atoms with E-state index in [2.05, 4.69) is 20.9 Å². The molecule has 0 aliphatic carbocycles. The second-order valence-electron chi connectivity index (χ2n) is 5.91. The van der Waals surface area contributed by atoms with Crippen LogP contribution in [0.2, 0.25) is 0 Å². The van der Waals surface area contributed by atoms with Crippen molar-refractivity contribution in [1.82, 2.24) is 14.9 Å². The average Bonchev–Trinajstić information content (AvgIpc) is 3.28. The van der Waals surface area contributed by atoms with E-state index in [0.717, 1.165) is 36.1 Å². The van der Waals surface area contributed by atoms with Gasteiger partial charge in [0.15, 0.2) is 0 Å². The summed E-state index contributed by atoms with van der Waals surface area (Å²) in [7, 11) is 0. The molecular weight excluding hydrogens is 306 g/mol. The number of aromatic nitrogens is 2. The van der Waals surface area contributed by atoms with Crippen molar-refractivity contribution in [1.29, 1.82) is 0 Å². The van der Waals surface area contributed by atoms with Crippen molar-refractivity contribution in [3.05, 3.63) is 59.6 Å². The fourth-order valence-corrected chi connectivity index (χ4v) is 4.04. The van der Waals surface area contributed by atoms with E-state index in [4.69, 9.17) is 4.42 Å². The van der Waals surface area contributed by atoms with Crippen molar-refractivity contribution in [3.63, 3.8) is 0 Å². The highest BCUT2D eigenvalue weighted by molar-refractivity contribution is 7.14. The largest absolute Gasteiger partial charge is 0.469 e. The Kier molecular flexibility index (Phi) is 4.22. The first-order valence-corrected chi connectivity index (χ1v) is 8.82. The lowest BCUT2D eigenvalue weighted by Gasteiger charge is -2.30. The van der Waals surface area contributed by atoms with Crippen molar-refractivity contribution in [2.75, 3.05) is 13.1 Å². The third-order valence-electron chi connectivity index (χ3n) is 4.35. The van der Waals surface area contributed by atoms with E-state index in [9.17, 15) is 0 Å². The Bertz CT molecular complexity index is 731. The van der Waals surface area contributed by atoms with Crippen LogP contribution >= 0.6 is 11.3 Å². The molecule has 5 heteroatoms. The van der Waals surface area contributed by atoms with Gasteiger partial charge in [-0.1, -0.05) is 6.07 Å². The van der Waals surface area contributed by atoms with Crippen LogP contribution in [-0.2, 0) is 6.54 Å². The maximum absolute atomic E-state index is 5.55. The van der Waals surface area contributed by atoms with Crippen LogP contribution in [0, 0.1) is 0 Å². The van der Waals surface area contributed by atoms with E-state index in [-0.39, 0.29) is 0 Å². The van der Waals surface area contributed by atoms with Gasteiger partial charge in [0.1, 0.15) is 10.8 Å². The molecule has 0 aromatic carbocycles. The second kappa shape index (κ2) is 6.64. The Labute approximate surface area is 139 Å². The minimum atomic E-state index is 0.576. The molecule has 1 aliphatic rings. The molecule has 0 unspecified atom stereocenters. The Morgan fingerprint density at radius 1 is 1.13 bits per heavy atom. The Morgan fingerprint density at radius 2 is 2.04 bits per heavy atom. The summed E-state index contributed by atoms with van der Waals surface area (Å²) in [6.07, 6.45) is 7.92. The summed E-state index contributed by atoms with van der Waals surface area (Å²) >= 11 is 1.74. The molecule has 1 saturated heterocycles. The van der Waals surface area contributed by atoms with Gasteiger partial charge >= 0.3 is 0 Å². The molecule has 0 N–H and O–H groups in total. The molecule has 0 radical (unpaired) electrons. The third-order valence-corrected chi connectivity index (χ3v) is 5.35. The number of furan rings is 1. The molecule has 118 valence electrons. The van der Waals surface area contributed by atoms with Gasteiger partial charge in [0, 0.05) is 29.7 Å². The lowest BCUT2D eigenvalue weighted by Crippen LogP contribution is -2.32. The predicted molar refractivity (Wildman–Crippen MR) is 91.3 cm³/mol. The molecule has 0 bridgehead atoms. The zero-order valence-corrected chi connectivity index (χ0v) is 13.7. The molecule has 3 aromatic heterocycles. The quantitative estimate of drug-likeness (QED) is 0.722. The van der Waals surface area contributed by atoms with Gasteiger partial charge in [0.05, 0.1) is 12.0 Å². The van der Waals surface area contributed by atoms with E-state index in [1.807, 2.05) is 36.7 Å². The molecule has 23 heavy (non-hydrogen) atoms. The Morgan fingerprint density at radius 3 is 2.78 bits per heavy atom. The van der Waals surface area contributed by atoms with Crippen LogP contribution in [0.5, 0.6) is 0 Å². The number of rotatable bonds is 4. The molecule has 1 aliphatic heterocycles. The predicted octanol–water partition coefficient (Wildman–Crippen LogP) is 4.18. The maximum Gasteiger partial charge on any atom is 0.142 e. The number of nitrogens with zero attached hydrogens (tertiary/aromatic N) is 3. The summed E-state index contributed by atoms with van der Waals surface area (Å²) in [6, 6.07) is 10.0. The lowest BCUT2D eigenvalue weighted by molar-refractivity contribution is 0.196. The van der Waals surface area contributed by atoms with E-state index in [0.29, 0.717) is 5.92 Å². The number of pyridine rings is 1. The fourth-order valence-electron chi connectivity index (χ4n) is 3.11. The van der Waals surface area contributed by atoms with Gasteiger partial charge in [0.25, 0.3) is 0 Å². The number of hydrogen-bond acceptors (Lipinski definition) is 5. The summed E-state index contributed by atoms with van der Waals surface area (Å²) in [5.74, 6) is 1.71. The molecule has 3 aromatic rings. The number of likely N-dealkylation sites (tertiary alicyclic amines) is 1. The van der Waals surface area contributed by atoms with Gasteiger partial charge in [-0.05, 0) is 50.2 Å². The van der Waals surface area contributed by atoms with Crippen LogP contribution in [0.1, 0.15) is 29.4 Å². The van der Waals surface area contributed by atoms with Crippen molar-refractivity contribution < 1.29 is 4.42 Å². The second-order valence-corrected chi connectivity index (χ2v) is 7.03. The first kappa shape index (κ1) is 14.6. The van der Waals surface area contributed by atoms with Crippen molar-refractivity contribution in [2.45, 2.75) is 25.3 Å². The van der Waals surface area contributed by atoms with E-state index < -0.39 is 0 Å². The minimum Gasteiger partial charge on any atom is -0.469 e. The van der Waals surface area contributed by atoms with Crippen LogP contribution in [0.25, 0.3) is 10.7 Å². The highest BCUT2D eigenvalue weighted by Crippen LogP contribution is 2.30. The standard InChI is InChI=1S/C18H19N3OS/c1-2-8-19-16(4-1)18-20-12-15(23-18)13-21-9-6-14(7-10-21)17-5-3-11-22-17/h1-5,8,11-12,14H,6-7,9-10,13H2. The highest BCUT2D eigenvalue weighted by Gasteiger charge is 2.22. The van der Waals surface area contributed by atoms with Crippen LogP contribution in [0.15, 0.2) is 53.4 Å². The summed E-state index contributed by atoms with van der Waals surface area (Å²) in [5.41, 5.74) is 0.959. The minimum absolute atomic E-state index is 0.576. The van der Waals surface area contributed by atoms with Crippen LogP contribution in [0.4, 0.5) is 0 Å². The van der Waals surface area contributed by atoms with Crippen LogP contribution in [0.3, 0.4) is 0 Å². The molecule has 0 saturated carbocycles. The topological polar surface area (TPSA) is 42.2 Å². The van der Waals surface area contributed by atoms with Crippen LogP contribution < -0.4 is 0 Å². The van der Waals surface area contributed by atoms with Gasteiger partial charge < -0.3 is 4.42 Å². The first-order chi connectivity index (χ1) is 11.4. The molecule has 4 heterocycles. The molecular formula is C18H19N3OS. The van der Waals surface area contributed by atoms with Crippen molar-refractivity contribution in [2.24, 2.45) is 0 Å². The van der Waals surface area contributed by atoms with Gasteiger partial charge in [-0.2, -0.15) is 0 Å². The number of piperidine rings is 1. The average molecular weight is 325 g/mol. The van der Waals surface area contributed by atoms with E-state index in [1.54, 1.807) is 17.6 Å². The Hall–Kier alpha value is -1.98. The molecule has 0 amide bonds. The van der Waals surface area contributed by atoms with Crippen LogP contribution in [-0.4, -0.2) is 28.0 Å². The Balaban J connectivity index is 1.36. The zero-order chi connectivity index (χ0) is 15.5. The van der Waals surface area contributed by atoms with Gasteiger partial charge in [0.2, 0.25) is 0 Å². The maximum atomic E-state index is 5.55. The molecule has 0 spiro atoms. The highest BCUT2D eigenvalue weighted by atomic mass is 32.1. The molecule has 0 atom stereocenters. The third kappa shape index (κ3) is 3.35. The molecule has 1 fully saturated rings. The van der Waals surface area contributed by atoms with Gasteiger partial charge in [-0.3, -0.25) is 9.88 Å². The molecule has 4 rings (SSSR count). The first-order valence-electron chi connectivity index (χ1n) is 8.00. The molecule has 4 nitrogen and oxygen atoms in total. The smallest absolute Gasteiger partial charge is 0.142 e. The van der Waals surface area contributed by atoms with E-state index in [1.165, 1.54) is 17.7 Å². The number of thiazole rings is 1. The number of hydrogen-bond donors (Lipinski definition) is 0. The lowest BCUT2D eigenvalue weighted by atomic mass is 9.94. The SMILES string of the molecule is c1ccc(-c2ncc(CN3CCC(c4ccco4)CC3)s2)nc1. The fraction of sp³-hybridized carbons (Fsp3) is 0.333.